The van der Waals surface area contributed by atoms with Crippen molar-refractivity contribution < 1.29 is 8.42 Å². The van der Waals surface area contributed by atoms with Crippen LogP contribution in [0, 0.1) is 0 Å². The van der Waals surface area contributed by atoms with E-state index in [-0.39, 0.29) is 6.04 Å². The van der Waals surface area contributed by atoms with Gasteiger partial charge in [0.15, 0.2) is 0 Å². The molecule has 1 fully saturated rings. The average molecular weight is 249 g/mol. The van der Waals surface area contributed by atoms with Gasteiger partial charge in [-0.2, -0.15) is 12.7 Å². The second-order valence-corrected chi connectivity index (χ2v) is 5.86. The molecule has 0 bridgehead atoms. The summed E-state index contributed by atoms with van der Waals surface area (Å²) >= 11 is 0. The van der Waals surface area contributed by atoms with Crippen molar-refractivity contribution in [3.8, 4) is 0 Å². The molecule has 1 saturated heterocycles. The molecule has 1 unspecified atom stereocenters. The molecule has 16 heavy (non-hydrogen) atoms. The first kappa shape index (κ1) is 13.9. The molecule has 0 aromatic carbocycles. The summed E-state index contributed by atoms with van der Waals surface area (Å²) in [5, 5.41) is 3.21. The maximum Gasteiger partial charge on any atom is 0.279 e. The summed E-state index contributed by atoms with van der Waals surface area (Å²) in [7, 11) is -3.29. The molecule has 0 aromatic heterocycles. The standard InChI is InChI=1S/C10H23N3O2S/c1-3-6-12-16(14,15)13(8-4-2)10-5-7-11-9-10/h10-12H,3-9H2,1-2H3. The Balaban J connectivity index is 2.67. The van der Waals surface area contributed by atoms with Gasteiger partial charge in [0.25, 0.3) is 10.2 Å². The number of hydrogen-bond donors (Lipinski definition) is 2. The molecule has 5 nitrogen and oxygen atoms in total. The van der Waals surface area contributed by atoms with E-state index < -0.39 is 10.2 Å². The Labute approximate surface area is 98.8 Å². The van der Waals surface area contributed by atoms with Gasteiger partial charge >= 0.3 is 0 Å². The molecule has 0 amide bonds. The van der Waals surface area contributed by atoms with Gasteiger partial charge in [-0.15, -0.1) is 0 Å². The maximum absolute atomic E-state index is 12.1. The molecule has 0 spiro atoms. The maximum atomic E-state index is 12.1. The average Bonchev–Trinajstić information content (AvgIpc) is 2.76. The van der Waals surface area contributed by atoms with Gasteiger partial charge < -0.3 is 5.32 Å². The first-order chi connectivity index (χ1) is 7.61. The molecule has 0 saturated carbocycles. The van der Waals surface area contributed by atoms with E-state index in [2.05, 4.69) is 10.0 Å². The minimum atomic E-state index is -3.29. The summed E-state index contributed by atoms with van der Waals surface area (Å²) in [6.07, 6.45) is 2.58. The molecule has 1 rings (SSSR count). The third kappa shape index (κ3) is 3.69. The molecular formula is C10H23N3O2S. The van der Waals surface area contributed by atoms with Gasteiger partial charge in [-0.05, 0) is 25.8 Å². The SMILES string of the molecule is CCCNS(=O)(=O)N(CCC)C1CCNC1. The molecule has 1 heterocycles. The smallest absolute Gasteiger partial charge is 0.279 e. The molecule has 1 atom stereocenters. The fourth-order valence-corrected chi connectivity index (χ4v) is 3.54. The second kappa shape index (κ2) is 6.54. The van der Waals surface area contributed by atoms with Gasteiger partial charge in [0.05, 0.1) is 0 Å². The van der Waals surface area contributed by atoms with E-state index in [1.807, 2.05) is 13.8 Å². The summed E-state index contributed by atoms with van der Waals surface area (Å²) in [4.78, 5) is 0. The largest absolute Gasteiger partial charge is 0.315 e. The lowest BCUT2D eigenvalue weighted by atomic mass is 10.2. The van der Waals surface area contributed by atoms with E-state index in [4.69, 9.17) is 0 Å². The van der Waals surface area contributed by atoms with Crippen LogP contribution in [0.4, 0.5) is 0 Å². The van der Waals surface area contributed by atoms with Gasteiger partial charge in [0.1, 0.15) is 0 Å². The summed E-state index contributed by atoms with van der Waals surface area (Å²) in [5.74, 6) is 0. The van der Waals surface area contributed by atoms with Gasteiger partial charge in [-0.25, -0.2) is 4.72 Å². The van der Waals surface area contributed by atoms with Crippen LogP contribution >= 0.6 is 0 Å². The van der Waals surface area contributed by atoms with E-state index in [0.29, 0.717) is 13.1 Å². The Bertz CT molecular complexity index is 286. The predicted molar refractivity (Wildman–Crippen MR) is 65.5 cm³/mol. The molecule has 1 aliphatic rings. The topological polar surface area (TPSA) is 61.4 Å². The fourth-order valence-electron chi connectivity index (χ4n) is 1.92. The summed E-state index contributed by atoms with van der Waals surface area (Å²) in [6.45, 7) is 6.77. The van der Waals surface area contributed by atoms with Crippen molar-refractivity contribution in [2.75, 3.05) is 26.2 Å². The third-order valence-corrected chi connectivity index (χ3v) is 4.40. The van der Waals surface area contributed by atoms with Crippen LogP contribution in [-0.4, -0.2) is 44.9 Å². The van der Waals surface area contributed by atoms with Crippen molar-refractivity contribution in [1.29, 1.82) is 0 Å². The monoisotopic (exact) mass is 249 g/mol. The minimum absolute atomic E-state index is 0.120. The number of nitrogens with zero attached hydrogens (tertiary/aromatic N) is 1. The Morgan fingerprint density at radius 1 is 1.38 bits per heavy atom. The molecule has 6 heteroatoms. The lowest BCUT2D eigenvalue weighted by molar-refractivity contribution is 0.330. The number of rotatable bonds is 7. The van der Waals surface area contributed by atoms with Crippen molar-refractivity contribution in [2.24, 2.45) is 0 Å². The van der Waals surface area contributed by atoms with Crippen LogP contribution < -0.4 is 10.0 Å². The molecule has 0 radical (unpaired) electrons. The zero-order valence-corrected chi connectivity index (χ0v) is 11.0. The van der Waals surface area contributed by atoms with Crippen LogP contribution in [0.5, 0.6) is 0 Å². The highest BCUT2D eigenvalue weighted by Gasteiger charge is 2.30. The van der Waals surface area contributed by atoms with Crippen molar-refractivity contribution >= 4 is 10.2 Å². The Kier molecular flexibility index (Phi) is 5.68. The quantitative estimate of drug-likeness (QED) is 0.682. The predicted octanol–water partition coefficient (Wildman–Crippen LogP) is 0.305. The molecule has 1 aliphatic heterocycles. The molecular weight excluding hydrogens is 226 g/mol. The van der Waals surface area contributed by atoms with Crippen LogP contribution in [-0.2, 0) is 10.2 Å². The van der Waals surface area contributed by atoms with Crippen molar-refractivity contribution in [3.63, 3.8) is 0 Å². The second-order valence-electron chi connectivity index (χ2n) is 4.16. The Hall–Kier alpha value is -0.170. The number of nitrogens with one attached hydrogen (secondary N) is 2. The van der Waals surface area contributed by atoms with E-state index in [1.54, 1.807) is 4.31 Å². The number of hydrogen-bond acceptors (Lipinski definition) is 3. The van der Waals surface area contributed by atoms with Gasteiger partial charge in [0, 0.05) is 25.7 Å². The Morgan fingerprint density at radius 3 is 2.62 bits per heavy atom. The third-order valence-electron chi connectivity index (χ3n) is 2.73. The van der Waals surface area contributed by atoms with Crippen LogP contribution in [0.15, 0.2) is 0 Å². The lowest BCUT2D eigenvalue weighted by Crippen LogP contribution is -2.48. The van der Waals surface area contributed by atoms with E-state index in [9.17, 15) is 8.42 Å². The summed E-state index contributed by atoms with van der Waals surface area (Å²) < 4.78 is 28.4. The van der Waals surface area contributed by atoms with Crippen LogP contribution in [0.2, 0.25) is 0 Å². The highest BCUT2D eigenvalue weighted by molar-refractivity contribution is 7.87. The zero-order chi connectivity index (χ0) is 12.0. The zero-order valence-electron chi connectivity index (χ0n) is 10.2. The first-order valence-corrected chi connectivity index (χ1v) is 7.53. The van der Waals surface area contributed by atoms with E-state index in [1.165, 1.54) is 0 Å². The van der Waals surface area contributed by atoms with Crippen molar-refractivity contribution in [1.82, 2.24) is 14.3 Å². The highest BCUT2D eigenvalue weighted by Crippen LogP contribution is 2.13. The van der Waals surface area contributed by atoms with Crippen LogP contribution in [0.1, 0.15) is 33.1 Å². The minimum Gasteiger partial charge on any atom is -0.315 e. The van der Waals surface area contributed by atoms with Gasteiger partial charge in [0.2, 0.25) is 0 Å². The molecule has 2 N–H and O–H groups in total. The normalized spacial score (nSPS) is 21.8. The van der Waals surface area contributed by atoms with E-state index >= 15 is 0 Å². The Morgan fingerprint density at radius 2 is 2.12 bits per heavy atom. The van der Waals surface area contributed by atoms with E-state index in [0.717, 1.165) is 32.4 Å². The van der Waals surface area contributed by atoms with Crippen molar-refractivity contribution in [3.05, 3.63) is 0 Å². The van der Waals surface area contributed by atoms with Gasteiger partial charge in [-0.3, -0.25) is 0 Å². The summed E-state index contributed by atoms with van der Waals surface area (Å²) in [6, 6.07) is 0.120. The molecule has 0 aliphatic carbocycles. The summed E-state index contributed by atoms with van der Waals surface area (Å²) in [5.41, 5.74) is 0. The van der Waals surface area contributed by atoms with Crippen LogP contribution in [0.3, 0.4) is 0 Å². The fraction of sp³-hybridized carbons (Fsp3) is 1.00. The van der Waals surface area contributed by atoms with Crippen LogP contribution in [0.25, 0.3) is 0 Å². The lowest BCUT2D eigenvalue weighted by Gasteiger charge is -2.27. The highest BCUT2D eigenvalue weighted by atomic mass is 32.2. The van der Waals surface area contributed by atoms with Gasteiger partial charge in [-0.1, -0.05) is 13.8 Å². The molecule has 96 valence electrons. The molecule has 0 aromatic rings. The first-order valence-electron chi connectivity index (χ1n) is 6.09. The van der Waals surface area contributed by atoms with Crippen molar-refractivity contribution in [2.45, 2.75) is 39.2 Å².